The number of fused-ring (bicyclic) bond motifs is 2. The first-order valence-corrected chi connectivity index (χ1v) is 9.41. The van der Waals surface area contributed by atoms with Gasteiger partial charge in [0.2, 0.25) is 0 Å². The first kappa shape index (κ1) is 17.6. The number of hydrogen-bond acceptors (Lipinski definition) is 4. The number of carbonyl (C=O) groups excluding carboxylic acids is 2. The fourth-order valence-electron chi connectivity index (χ4n) is 2.98. The number of aromatic carboxylic acids is 1. The van der Waals surface area contributed by atoms with Crippen LogP contribution in [0.3, 0.4) is 0 Å². The minimum absolute atomic E-state index is 0.0363. The third-order valence-corrected chi connectivity index (χ3v) is 5.71. The third kappa shape index (κ3) is 3.44. The molecule has 1 heterocycles. The number of anilines is 1. The Bertz CT molecular complexity index is 1050. The topological polar surface area (TPSA) is 60.4 Å². The fraction of sp³-hybridized carbons (Fsp3) is 0.0476. The molecule has 1 aliphatic rings. The number of hydrogen-bond donors (Lipinski definition) is 0. The van der Waals surface area contributed by atoms with Gasteiger partial charge in [0, 0.05) is 14.8 Å². The summed E-state index contributed by atoms with van der Waals surface area (Å²) in [6.45, 7) is 0.300. The van der Waals surface area contributed by atoms with Crippen LogP contribution in [0.1, 0.15) is 26.3 Å². The van der Waals surface area contributed by atoms with Crippen LogP contribution in [0.2, 0.25) is 5.02 Å². The van der Waals surface area contributed by atoms with Crippen molar-refractivity contribution in [3.05, 3.63) is 88.4 Å². The fourth-order valence-corrected chi connectivity index (χ4v) is 4.16. The Hall–Kier alpha value is -2.76. The second-order valence-electron chi connectivity index (χ2n) is 6.09. The van der Waals surface area contributed by atoms with Gasteiger partial charge in [0.25, 0.3) is 5.91 Å². The highest BCUT2D eigenvalue weighted by atomic mass is 35.5. The van der Waals surface area contributed by atoms with Gasteiger partial charge in [-0.2, -0.15) is 0 Å². The molecule has 0 fully saturated rings. The molecule has 6 heteroatoms. The van der Waals surface area contributed by atoms with Gasteiger partial charge in [0.15, 0.2) is 0 Å². The van der Waals surface area contributed by atoms with Crippen LogP contribution in [0.4, 0.5) is 5.69 Å². The Balaban J connectivity index is 1.86. The number of amides is 1. The van der Waals surface area contributed by atoms with Gasteiger partial charge in [-0.25, -0.2) is 0 Å². The van der Waals surface area contributed by atoms with E-state index in [0.29, 0.717) is 22.8 Å². The molecule has 27 heavy (non-hydrogen) atoms. The Morgan fingerprint density at radius 3 is 2.48 bits per heavy atom. The molecule has 0 unspecified atom stereocenters. The second kappa shape index (κ2) is 7.10. The summed E-state index contributed by atoms with van der Waals surface area (Å²) in [6.07, 6.45) is 0. The van der Waals surface area contributed by atoms with E-state index in [9.17, 15) is 14.7 Å². The summed E-state index contributed by atoms with van der Waals surface area (Å²) in [5, 5.41) is 12.0. The summed E-state index contributed by atoms with van der Waals surface area (Å²) in [5.74, 6) is -1.45. The van der Waals surface area contributed by atoms with Crippen molar-refractivity contribution < 1.29 is 14.7 Å². The lowest BCUT2D eigenvalue weighted by Crippen LogP contribution is -2.31. The Labute approximate surface area is 165 Å². The van der Waals surface area contributed by atoms with Crippen molar-refractivity contribution in [3.8, 4) is 0 Å². The van der Waals surface area contributed by atoms with Gasteiger partial charge in [-0.1, -0.05) is 53.7 Å². The molecule has 0 radical (unpaired) electrons. The van der Waals surface area contributed by atoms with Crippen molar-refractivity contribution in [3.63, 3.8) is 0 Å². The van der Waals surface area contributed by atoms with Crippen LogP contribution in [0.25, 0.3) is 0 Å². The van der Waals surface area contributed by atoms with Gasteiger partial charge >= 0.3 is 0 Å². The highest BCUT2D eigenvalue weighted by Crippen LogP contribution is 2.42. The largest absolute Gasteiger partial charge is 0.545 e. The number of benzene rings is 3. The quantitative estimate of drug-likeness (QED) is 0.673. The smallest absolute Gasteiger partial charge is 0.259 e. The van der Waals surface area contributed by atoms with Crippen LogP contribution in [-0.4, -0.2) is 11.9 Å². The summed E-state index contributed by atoms with van der Waals surface area (Å²) < 4.78 is 0. The molecule has 0 saturated heterocycles. The average Bonchev–Trinajstić information content (AvgIpc) is 2.78. The highest BCUT2D eigenvalue weighted by molar-refractivity contribution is 7.99. The van der Waals surface area contributed by atoms with Crippen molar-refractivity contribution in [2.45, 2.75) is 16.3 Å². The minimum Gasteiger partial charge on any atom is -0.545 e. The van der Waals surface area contributed by atoms with E-state index in [0.717, 1.165) is 15.4 Å². The summed E-state index contributed by atoms with van der Waals surface area (Å²) in [7, 11) is 0. The van der Waals surface area contributed by atoms with Crippen molar-refractivity contribution in [1.29, 1.82) is 0 Å². The molecule has 1 aliphatic heterocycles. The van der Waals surface area contributed by atoms with Gasteiger partial charge < -0.3 is 14.8 Å². The monoisotopic (exact) mass is 394 g/mol. The molecule has 4 rings (SSSR count). The number of carboxylic acids is 1. The predicted octanol–water partition coefficient (Wildman–Crippen LogP) is 4.02. The summed E-state index contributed by atoms with van der Waals surface area (Å²) in [4.78, 5) is 27.9. The molecule has 3 aromatic carbocycles. The van der Waals surface area contributed by atoms with Crippen LogP contribution in [-0.2, 0) is 6.54 Å². The predicted molar refractivity (Wildman–Crippen MR) is 103 cm³/mol. The molecule has 4 nitrogen and oxygen atoms in total. The maximum absolute atomic E-state index is 13.3. The SMILES string of the molecule is O=C([O-])c1ccc2c(c1)N(Cc1ccc(Cl)cc1)C(=O)c1ccccc1S2. The first-order chi connectivity index (χ1) is 13.0. The molecular weight excluding hydrogens is 382 g/mol. The van der Waals surface area contributed by atoms with E-state index >= 15 is 0 Å². The molecule has 0 N–H and O–H groups in total. The van der Waals surface area contributed by atoms with Gasteiger partial charge in [-0.05, 0) is 47.5 Å². The lowest BCUT2D eigenvalue weighted by molar-refractivity contribution is -0.255. The number of carboxylic acid groups (broad SMARTS) is 1. The van der Waals surface area contributed by atoms with Crippen LogP contribution in [0.15, 0.2) is 76.5 Å². The normalized spacial score (nSPS) is 12.9. The molecular formula is C21H13ClNO3S-. The van der Waals surface area contributed by atoms with Gasteiger partial charge in [0.05, 0.1) is 23.8 Å². The molecule has 3 aromatic rings. The highest BCUT2D eigenvalue weighted by Gasteiger charge is 2.27. The number of nitrogens with zero attached hydrogens (tertiary/aromatic N) is 1. The molecule has 0 aromatic heterocycles. The zero-order valence-corrected chi connectivity index (χ0v) is 15.6. The first-order valence-electron chi connectivity index (χ1n) is 8.21. The van der Waals surface area contributed by atoms with Crippen molar-refractivity contribution in [1.82, 2.24) is 0 Å². The van der Waals surface area contributed by atoms with Gasteiger partial charge in [0.1, 0.15) is 0 Å². The maximum Gasteiger partial charge on any atom is 0.259 e. The lowest BCUT2D eigenvalue weighted by Gasteiger charge is -2.24. The summed E-state index contributed by atoms with van der Waals surface area (Å²) in [6, 6.07) is 19.3. The zero-order valence-electron chi connectivity index (χ0n) is 14.0. The van der Waals surface area contributed by atoms with Crippen LogP contribution < -0.4 is 10.0 Å². The van der Waals surface area contributed by atoms with Crippen LogP contribution >= 0.6 is 23.4 Å². The minimum atomic E-state index is -1.27. The van der Waals surface area contributed by atoms with Crippen molar-refractivity contribution in [2.75, 3.05) is 4.90 Å². The molecule has 0 saturated carbocycles. The summed E-state index contributed by atoms with van der Waals surface area (Å²) >= 11 is 7.40. The van der Waals surface area contributed by atoms with E-state index in [1.54, 1.807) is 29.2 Å². The van der Waals surface area contributed by atoms with Crippen molar-refractivity contribution in [2.24, 2.45) is 0 Å². The molecule has 0 spiro atoms. The lowest BCUT2D eigenvalue weighted by atomic mass is 10.1. The molecule has 0 atom stereocenters. The molecule has 0 aliphatic carbocycles. The zero-order chi connectivity index (χ0) is 19.0. The van der Waals surface area contributed by atoms with Gasteiger partial charge in [-0.15, -0.1) is 0 Å². The van der Waals surface area contributed by atoms with Crippen LogP contribution in [0, 0.1) is 0 Å². The van der Waals surface area contributed by atoms with E-state index in [1.807, 2.05) is 30.3 Å². The Kier molecular flexibility index (Phi) is 4.64. The molecule has 0 bridgehead atoms. The van der Waals surface area contributed by atoms with E-state index in [-0.39, 0.29) is 11.5 Å². The van der Waals surface area contributed by atoms with E-state index in [4.69, 9.17) is 11.6 Å². The van der Waals surface area contributed by atoms with E-state index < -0.39 is 5.97 Å². The average molecular weight is 395 g/mol. The van der Waals surface area contributed by atoms with E-state index in [2.05, 4.69) is 0 Å². The van der Waals surface area contributed by atoms with Crippen molar-refractivity contribution >= 4 is 40.9 Å². The number of halogens is 1. The third-order valence-electron chi connectivity index (χ3n) is 4.32. The maximum atomic E-state index is 13.3. The van der Waals surface area contributed by atoms with Gasteiger partial charge in [-0.3, -0.25) is 4.79 Å². The Morgan fingerprint density at radius 2 is 1.74 bits per heavy atom. The molecule has 1 amide bonds. The second-order valence-corrected chi connectivity index (χ2v) is 7.61. The number of carbonyl (C=O) groups is 2. The molecule has 134 valence electrons. The standard InChI is InChI=1S/C21H14ClNO3S/c22-15-8-5-13(6-9-15)12-23-17-11-14(21(25)26)7-10-19(17)27-18-4-2-1-3-16(18)20(23)24/h1-11H,12H2,(H,25,26)/p-1. The Morgan fingerprint density at radius 1 is 1.00 bits per heavy atom. The summed E-state index contributed by atoms with van der Waals surface area (Å²) in [5.41, 5.74) is 2.07. The van der Waals surface area contributed by atoms with E-state index in [1.165, 1.54) is 23.9 Å². The van der Waals surface area contributed by atoms with Crippen LogP contribution in [0.5, 0.6) is 0 Å². The number of rotatable bonds is 3.